The van der Waals surface area contributed by atoms with Crippen molar-refractivity contribution in [3.8, 4) is 11.4 Å². The highest BCUT2D eigenvalue weighted by molar-refractivity contribution is 9.10. The third-order valence-corrected chi connectivity index (χ3v) is 4.47. The van der Waals surface area contributed by atoms with Crippen molar-refractivity contribution in [1.82, 2.24) is 15.0 Å². The molecule has 2 heterocycles. The Morgan fingerprint density at radius 1 is 1.43 bits per heavy atom. The predicted octanol–water partition coefficient (Wildman–Crippen LogP) is 2.70. The molecule has 3 rings (SSSR count). The van der Waals surface area contributed by atoms with Crippen molar-refractivity contribution in [3.05, 3.63) is 34.6 Å². The van der Waals surface area contributed by atoms with Crippen molar-refractivity contribution in [2.24, 2.45) is 5.92 Å². The quantitative estimate of drug-likeness (QED) is 0.917. The second-order valence-corrected chi connectivity index (χ2v) is 6.84. The molecule has 1 fully saturated rings. The Morgan fingerprint density at radius 3 is 2.86 bits per heavy atom. The zero-order chi connectivity index (χ0) is 15.0. The van der Waals surface area contributed by atoms with E-state index in [2.05, 4.69) is 31.0 Å². The lowest BCUT2D eigenvalue weighted by Crippen LogP contribution is -2.63. The van der Waals surface area contributed by atoms with Crippen LogP contribution in [-0.2, 0) is 6.54 Å². The zero-order valence-electron chi connectivity index (χ0n) is 12.1. The van der Waals surface area contributed by atoms with Crippen molar-refractivity contribution in [2.45, 2.75) is 26.0 Å². The maximum atomic E-state index is 10.2. The van der Waals surface area contributed by atoms with Crippen LogP contribution < -0.4 is 0 Å². The van der Waals surface area contributed by atoms with E-state index in [0.29, 0.717) is 31.3 Å². The lowest BCUT2D eigenvalue weighted by atomic mass is 9.83. The highest BCUT2D eigenvalue weighted by Gasteiger charge is 2.43. The Bertz CT molecular complexity index is 635. The molecular formula is C15H18BrN3O2. The van der Waals surface area contributed by atoms with E-state index in [9.17, 15) is 5.11 Å². The summed E-state index contributed by atoms with van der Waals surface area (Å²) in [6.07, 6.45) is 0. The molecule has 1 aromatic carbocycles. The lowest BCUT2D eigenvalue weighted by molar-refractivity contribution is -0.133. The Kier molecular flexibility index (Phi) is 3.86. The van der Waals surface area contributed by atoms with E-state index in [4.69, 9.17) is 4.52 Å². The minimum atomic E-state index is -0.576. The summed E-state index contributed by atoms with van der Waals surface area (Å²) in [5.41, 5.74) is 0.342. The molecule has 0 atom stereocenters. The molecule has 0 bridgehead atoms. The topological polar surface area (TPSA) is 62.4 Å². The first-order chi connectivity index (χ1) is 9.96. The van der Waals surface area contributed by atoms with Gasteiger partial charge >= 0.3 is 0 Å². The first kappa shape index (κ1) is 14.7. The molecule has 0 spiro atoms. The predicted molar refractivity (Wildman–Crippen MR) is 82.5 cm³/mol. The van der Waals surface area contributed by atoms with Gasteiger partial charge in [-0.1, -0.05) is 47.1 Å². The molecule has 112 valence electrons. The van der Waals surface area contributed by atoms with Gasteiger partial charge in [-0.15, -0.1) is 0 Å². The van der Waals surface area contributed by atoms with Crippen LogP contribution in [0.25, 0.3) is 11.4 Å². The molecule has 0 radical (unpaired) electrons. The number of β-amino-alcohol motifs (C(OH)–C–C–N with tert-alkyl or cyclic N) is 1. The average Bonchev–Trinajstić information content (AvgIpc) is 2.85. The Labute approximate surface area is 132 Å². The number of likely N-dealkylation sites (tertiary alicyclic amines) is 1. The van der Waals surface area contributed by atoms with Gasteiger partial charge < -0.3 is 9.63 Å². The van der Waals surface area contributed by atoms with E-state index in [1.807, 2.05) is 38.1 Å². The van der Waals surface area contributed by atoms with Gasteiger partial charge in [-0.05, 0) is 18.1 Å². The molecule has 1 saturated heterocycles. The van der Waals surface area contributed by atoms with E-state index in [0.717, 1.165) is 10.0 Å². The van der Waals surface area contributed by atoms with Gasteiger partial charge in [-0.25, -0.2) is 0 Å². The summed E-state index contributed by atoms with van der Waals surface area (Å²) in [4.78, 5) is 6.52. The summed E-state index contributed by atoms with van der Waals surface area (Å²) < 4.78 is 6.28. The Morgan fingerprint density at radius 2 is 2.19 bits per heavy atom. The standard InChI is InChI=1S/C15H18BrN3O2/c1-10(2)15(20)8-19(9-15)7-13-17-14(18-21-13)11-4-3-5-12(16)6-11/h3-6,10,20H,7-9H2,1-2H3. The van der Waals surface area contributed by atoms with Crippen LogP contribution in [0.2, 0.25) is 0 Å². The fourth-order valence-corrected chi connectivity index (χ4v) is 2.86. The molecule has 1 N–H and O–H groups in total. The van der Waals surface area contributed by atoms with Gasteiger partial charge in [0.15, 0.2) is 0 Å². The molecule has 1 aromatic heterocycles. The van der Waals surface area contributed by atoms with E-state index < -0.39 is 5.60 Å². The number of hydrogen-bond acceptors (Lipinski definition) is 5. The van der Waals surface area contributed by atoms with Crippen molar-refractivity contribution >= 4 is 15.9 Å². The molecule has 0 unspecified atom stereocenters. The van der Waals surface area contributed by atoms with Gasteiger partial charge in [0.1, 0.15) is 0 Å². The van der Waals surface area contributed by atoms with Crippen LogP contribution in [0.5, 0.6) is 0 Å². The van der Waals surface area contributed by atoms with E-state index in [1.165, 1.54) is 0 Å². The molecular weight excluding hydrogens is 334 g/mol. The van der Waals surface area contributed by atoms with Gasteiger partial charge in [0, 0.05) is 23.1 Å². The van der Waals surface area contributed by atoms with Crippen LogP contribution in [0.4, 0.5) is 0 Å². The number of aliphatic hydroxyl groups is 1. The van der Waals surface area contributed by atoms with Crippen LogP contribution >= 0.6 is 15.9 Å². The van der Waals surface area contributed by atoms with Gasteiger partial charge in [-0.3, -0.25) is 4.90 Å². The van der Waals surface area contributed by atoms with Crippen molar-refractivity contribution in [2.75, 3.05) is 13.1 Å². The van der Waals surface area contributed by atoms with Gasteiger partial charge in [0.05, 0.1) is 12.1 Å². The van der Waals surface area contributed by atoms with Gasteiger partial charge in [0.25, 0.3) is 0 Å². The van der Waals surface area contributed by atoms with Crippen LogP contribution in [0.3, 0.4) is 0 Å². The molecule has 21 heavy (non-hydrogen) atoms. The van der Waals surface area contributed by atoms with E-state index in [-0.39, 0.29) is 5.92 Å². The molecule has 5 nitrogen and oxygen atoms in total. The highest BCUT2D eigenvalue weighted by atomic mass is 79.9. The van der Waals surface area contributed by atoms with Crippen molar-refractivity contribution in [3.63, 3.8) is 0 Å². The maximum absolute atomic E-state index is 10.2. The monoisotopic (exact) mass is 351 g/mol. The second kappa shape index (κ2) is 5.51. The first-order valence-electron chi connectivity index (χ1n) is 6.99. The minimum Gasteiger partial charge on any atom is -0.387 e. The van der Waals surface area contributed by atoms with Crippen LogP contribution in [0, 0.1) is 5.92 Å². The summed E-state index contributed by atoms with van der Waals surface area (Å²) in [5, 5.41) is 14.3. The lowest BCUT2D eigenvalue weighted by Gasteiger charge is -2.48. The number of nitrogens with zero attached hydrogens (tertiary/aromatic N) is 3. The van der Waals surface area contributed by atoms with Crippen molar-refractivity contribution in [1.29, 1.82) is 0 Å². The number of benzene rings is 1. The molecule has 1 aliphatic rings. The average molecular weight is 352 g/mol. The number of halogens is 1. The number of hydrogen-bond donors (Lipinski definition) is 1. The second-order valence-electron chi connectivity index (χ2n) is 5.93. The van der Waals surface area contributed by atoms with Crippen LogP contribution in [0.15, 0.2) is 33.3 Å². The molecule has 6 heteroatoms. The van der Waals surface area contributed by atoms with Gasteiger partial charge in [-0.2, -0.15) is 4.98 Å². The minimum absolute atomic E-state index is 0.258. The number of aromatic nitrogens is 2. The fourth-order valence-electron chi connectivity index (χ4n) is 2.46. The molecule has 0 amide bonds. The molecule has 0 saturated carbocycles. The summed E-state index contributed by atoms with van der Waals surface area (Å²) in [7, 11) is 0. The Balaban J connectivity index is 1.65. The third-order valence-electron chi connectivity index (χ3n) is 3.98. The zero-order valence-corrected chi connectivity index (χ0v) is 13.7. The smallest absolute Gasteiger partial charge is 0.241 e. The fraction of sp³-hybridized carbons (Fsp3) is 0.467. The van der Waals surface area contributed by atoms with E-state index in [1.54, 1.807) is 0 Å². The largest absolute Gasteiger partial charge is 0.387 e. The number of rotatable bonds is 4. The van der Waals surface area contributed by atoms with Gasteiger partial charge in [0.2, 0.25) is 11.7 Å². The van der Waals surface area contributed by atoms with Crippen molar-refractivity contribution < 1.29 is 9.63 Å². The summed E-state index contributed by atoms with van der Waals surface area (Å²) >= 11 is 3.43. The Hall–Kier alpha value is -1.24. The third kappa shape index (κ3) is 3.02. The van der Waals surface area contributed by atoms with Crippen LogP contribution in [-0.4, -0.2) is 38.8 Å². The SMILES string of the molecule is CC(C)C1(O)CN(Cc2nc(-c3cccc(Br)c3)no2)C1. The maximum Gasteiger partial charge on any atom is 0.241 e. The van der Waals surface area contributed by atoms with E-state index >= 15 is 0 Å². The molecule has 1 aliphatic heterocycles. The molecule has 2 aromatic rings. The normalized spacial score (nSPS) is 18.0. The first-order valence-corrected chi connectivity index (χ1v) is 7.79. The van der Waals surface area contributed by atoms with Crippen LogP contribution in [0.1, 0.15) is 19.7 Å². The summed E-state index contributed by atoms with van der Waals surface area (Å²) in [6.45, 7) is 5.96. The summed E-state index contributed by atoms with van der Waals surface area (Å²) in [6, 6.07) is 7.79. The summed E-state index contributed by atoms with van der Waals surface area (Å²) in [5.74, 6) is 1.43. The highest BCUT2D eigenvalue weighted by Crippen LogP contribution is 2.29. The molecule has 0 aliphatic carbocycles.